The Kier molecular flexibility index (Phi) is 4.46. The molecule has 2 aromatic carbocycles. The molecule has 0 aromatic heterocycles. The molecule has 0 aliphatic carbocycles. The lowest BCUT2D eigenvalue weighted by molar-refractivity contribution is 0.460. The zero-order valence-corrected chi connectivity index (χ0v) is 12.5. The summed E-state index contributed by atoms with van der Waals surface area (Å²) in [7, 11) is 0. The number of benzene rings is 2. The Morgan fingerprint density at radius 2 is 1.65 bits per heavy atom. The largest absolute Gasteiger partial charge is 0.508 e. The predicted molar refractivity (Wildman–Crippen MR) is 83.8 cm³/mol. The number of rotatable bonds is 4. The summed E-state index contributed by atoms with van der Waals surface area (Å²) < 4.78 is 0. The number of phenolic OH excluding ortho intramolecular Hbond substituents is 1. The van der Waals surface area contributed by atoms with E-state index in [4.69, 9.17) is 0 Å². The summed E-state index contributed by atoms with van der Waals surface area (Å²) in [5.74, 6) is 0.373. The van der Waals surface area contributed by atoms with Crippen molar-refractivity contribution < 1.29 is 5.11 Å². The summed E-state index contributed by atoms with van der Waals surface area (Å²) >= 11 is 0. The van der Waals surface area contributed by atoms with Gasteiger partial charge in [0, 0.05) is 18.7 Å². The van der Waals surface area contributed by atoms with Crippen molar-refractivity contribution in [3.8, 4) is 5.75 Å². The summed E-state index contributed by atoms with van der Waals surface area (Å²) in [6.45, 7) is 7.92. The van der Waals surface area contributed by atoms with Gasteiger partial charge in [0.1, 0.15) is 5.75 Å². The molecule has 0 aliphatic heterocycles. The number of hydrogen-bond donors (Lipinski definition) is 2. The van der Waals surface area contributed by atoms with Crippen molar-refractivity contribution in [2.45, 2.75) is 39.3 Å². The van der Waals surface area contributed by atoms with Crippen molar-refractivity contribution in [2.75, 3.05) is 0 Å². The van der Waals surface area contributed by atoms with Gasteiger partial charge in [0.15, 0.2) is 0 Å². The molecule has 2 nitrogen and oxygen atoms in total. The van der Waals surface area contributed by atoms with Crippen LogP contribution in [-0.2, 0) is 18.5 Å². The Bertz CT molecular complexity index is 555. The molecule has 20 heavy (non-hydrogen) atoms. The van der Waals surface area contributed by atoms with Crippen LogP contribution < -0.4 is 5.32 Å². The minimum atomic E-state index is 0.0630. The lowest BCUT2D eigenvalue weighted by Gasteiger charge is -2.20. The third-order valence-electron chi connectivity index (χ3n) is 3.44. The minimum absolute atomic E-state index is 0.0630. The van der Waals surface area contributed by atoms with Gasteiger partial charge in [-0.3, -0.25) is 0 Å². The van der Waals surface area contributed by atoms with Crippen LogP contribution in [0.25, 0.3) is 0 Å². The standard InChI is InChI=1S/C18H23NO/c1-18(2,3)16-10-9-15(17(20)11-16)13-19-12-14-7-5-4-6-8-14/h4-11,19-20H,12-13H2,1-3H3. The molecule has 0 heterocycles. The van der Waals surface area contributed by atoms with Gasteiger partial charge in [0.2, 0.25) is 0 Å². The van der Waals surface area contributed by atoms with Crippen molar-refractivity contribution in [1.29, 1.82) is 0 Å². The fourth-order valence-corrected chi connectivity index (χ4v) is 2.12. The van der Waals surface area contributed by atoms with E-state index in [-0.39, 0.29) is 5.41 Å². The van der Waals surface area contributed by atoms with Gasteiger partial charge >= 0.3 is 0 Å². The van der Waals surface area contributed by atoms with Crippen molar-refractivity contribution in [2.24, 2.45) is 0 Å². The van der Waals surface area contributed by atoms with E-state index in [2.05, 4.69) is 44.3 Å². The van der Waals surface area contributed by atoms with Gasteiger partial charge in [-0.15, -0.1) is 0 Å². The topological polar surface area (TPSA) is 32.3 Å². The lowest BCUT2D eigenvalue weighted by Crippen LogP contribution is -2.14. The highest BCUT2D eigenvalue weighted by Crippen LogP contribution is 2.27. The quantitative estimate of drug-likeness (QED) is 0.880. The van der Waals surface area contributed by atoms with Crippen LogP contribution in [-0.4, -0.2) is 5.11 Å². The first kappa shape index (κ1) is 14.6. The average molecular weight is 269 g/mol. The number of hydrogen-bond acceptors (Lipinski definition) is 2. The van der Waals surface area contributed by atoms with Crippen molar-refractivity contribution in [3.05, 3.63) is 65.2 Å². The maximum Gasteiger partial charge on any atom is 0.120 e. The first-order valence-corrected chi connectivity index (χ1v) is 7.04. The third-order valence-corrected chi connectivity index (χ3v) is 3.44. The first-order chi connectivity index (χ1) is 9.47. The monoisotopic (exact) mass is 269 g/mol. The Labute approximate surface area is 121 Å². The second-order valence-electron chi connectivity index (χ2n) is 6.18. The third kappa shape index (κ3) is 3.84. The van der Waals surface area contributed by atoms with Crippen LogP contribution in [0.3, 0.4) is 0 Å². The highest BCUT2D eigenvalue weighted by Gasteiger charge is 2.15. The molecular weight excluding hydrogens is 246 g/mol. The molecule has 0 saturated heterocycles. The van der Waals surface area contributed by atoms with Gasteiger partial charge in [0.05, 0.1) is 0 Å². The lowest BCUT2D eigenvalue weighted by atomic mass is 9.86. The first-order valence-electron chi connectivity index (χ1n) is 7.04. The molecule has 0 aliphatic rings. The number of nitrogens with one attached hydrogen (secondary N) is 1. The molecule has 0 atom stereocenters. The number of phenols is 1. The number of aromatic hydroxyl groups is 1. The summed E-state index contributed by atoms with van der Waals surface area (Å²) in [4.78, 5) is 0. The van der Waals surface area contributed by atoms with E-state index in [1.807, 2.05) is 30.3 Å². The van der Waals surface area contributed by atoms with Crippen LogP contribution in [0.5, 0.6) is 5.75 Å². The Morgan fingerprint density at radius 3 is 2.25 bits per heavy atom. The predicted octanol–water partition coefficient (Wildman–Crippen LogP) is 3.98. The van der Waals surface area contributed by atoms with E-state index in [1.54, 1.807) is 0 Å². The van der Waals surface area contributed by atoms with Gasteiger partial charge in [0.25, 0.3) is 0 Å². The zero-order chi connectivity index (χ0) is 14.6. The van der Waals surface area contributed by atoms with E-state index in [9.17, 15) is 5.11 Å². The molecule has 0 radical (unpaired) electrons. The second kappa shape index (κ2) is 6.10. The van der Waals surface area contributed by atoms with Crippen LogP contribution in [0.4, 0.5) is 0 Å². The smallest absolute Gasteiger partial charge is 0.120 e. The molecule has 0 amide bonds. The Hall–Kier alpha value is -1.80. The summed E-state index contributed by atoms with van der Waals surface area (Å²) in [6, 6.07) is 16.2. The van der Waals surface area contributed by atoms with Crippen molar-refractivity contribution in [3.63, 3.8) is 0 Å². The molecule has 0 saturated carbocycles. The summed E-state index contributed by atoms with van der Waals surface area (Å²) in [5.41, 5.74) is 3.40. The van der Waals surface area contributed by atoms with Crippen molar-refractivity contribution >= 4 is 0 Å². The molecule has 0 bridgehead atoms. The Morgan fingerprint density at radius 1 is 0.950 bits per heavy atom. The van der Waals surface area contributed by atoms with Crippen molar-refractivity contribution in [1.82, 2.24) is 5.32 Å². The Balaban J connectivity index is 1.97. The highest BCUT2D eigenvalue weighted by atomic mass is 16.3. The van der Waals surface area contributed by atoms with Crippen LogP contribution in [0, 0.1) is 0 Å². The van der Waals surface area contributed by atoms with Gasteiger partial charge in [-0.2, -0.15) is 0 Å². The van der Waals surface area contributed by atoms with Crippen LogP contribution in [0.1, 0.15) is 37.5 Å². The molecule has 2 rings (SSSR count). The zero-order valence-electron chi connectivity index (χ0n) is 12.5. The van der Waals surface area contributed by atoms with E-state index < -0.39 is 0 Å². The van der Waals surface area contributed by atoms with Crippen LogP contribution >= 0.6 is 0 Å². The fourth-order valence-electron chi connectivity index (χ4n) is 2.12. The molecule has 0 fully saturated rings. The van der Waals surface area contributed by atoms with E-state index in [0.29, 0.717) is 12.3 Å². The SMILES string of the molecule is CC(C)(C)c1ccc(CNCc2ccccc2)c(O)c1. The normalized spacial score (nSPS) is 11.6. The van der Waals surface area contributed by atoms with Gasteiger partial charge in [-0.1, -0.05) is 63.2 Å². The molecular formula is C18H23NO. The maximum absolute atomic E-state index is 10.1. The molecule has 106 valence electrons. The molecule has 2 N–H and O–H groups in total. The average Bonchev–Trinajstić information content (AvgIpc) is 2.40. The van der Waals surface area contributed by atoms with Gasteiger partial charge in [-0.25, -0.2) is 0 Å². The minimum Gasteiger partial charge on any atom is -0.508 e. The molecule has 0 unspecified atom stereocenters. The van der Waals surface area contributed by atoms with E-state index in [0.717, 1.165) is 17.7 Å². The molecule has 2 heteroatoms. The maximum atomic E-state index is 10.1. The fraction of sp³-hybridized carbons (Fsp3) is 0.333. The molecule has 2 aromatic rings. The molecule has 0 spiro atoms. The van der Waals surface area contributed by atoms with Crippen LogP contribution in [0.15, 0.2) is 48.5 Å². The summed E-state index contributed by atoms with van der Waals surface area (Å²) in [6.07, 6.45) is 0. The second-order valence-corrected chi connectivity index (χ2v) is 6.18. The highest BCUT2D eigenvalue weighted by molar-refractivity contribution is 5.39. The van der Waals surface area contributed by atoms with Gasteiger partial charge < -0.3 is 10.4 Å². The van der Waals surface area contributed by atoms with E-state index >= 15 is 0 Å². The van der Waals surface area contributed by atoms with Crippen LogP contribution in [0.2, 0.25) is 0 Å². The summed E-state index contributed by atoms with van der Waals surface area (Å²) in [5, 5.41) is 13.5. The van der Waals surface area contributed by atoms with Gasteiger partial charge in [-0.05, 0) is 22.6 Å². The van der Waals surface area contributed by atoms with E-state index in [1.165, 1.54) is 5.56 Å².